The molecule has 0 saturated heterocycles. The number of carbonyl (C=O) groups excluding carboxylic acids is 3. The van der Waals surface area contributed by atoms with Crippen molar-refractivity contribution in [3.63, 3.8) is 0 Å². The fourth-order valence-corrected chi connectivity index (χ4v) is 6.18. The normalized spacial score (nSPS) is 10.5. The Kier molecular flexibility index (Phi) is 14.9. The SMILES string of the molecule is CN(C)C(=O)c1ccc(Cn2c3ccccc3c(=O)n2C)cc1.CN(C)C(=O)c1ccc(Cn2ccc(=O)cc2)cc1.CN(C)C(=O)c1ccc(Cn2ccncc2=O)cc1. The van der Waals surface area contributed by atoms with E-state index < -0.39 is 0 Å². The molecule has 7 aromatic rings. The van der Waals surface area contributed by atoms with Crippen LogP contribution in [-0.2, 0) is 26.7 Å². The molecule has 0 atom stereocenters. The highest BCUT2D eigenvalue weighted by molar-refractivity contribution is 5.95. The molecule has 0 fully saturated rings. The topological polar surface area (TPSA) is 145 Å². The monoisotopic (exact) mass is 822 g/mol. The van der Waals surface area contributed by atoms with E-state index in [0.717, 1.165) is 27.6 Å². The van der Waals surface area contributed by atoms with Crippen LogP contribution in [-0.4, -0.2) is 98.2 Å². The van der Waals surface area contributed by atoms with Gasteiger partial charge < -0.3 is 23.8 Å². The van der Waals surface area contributed by atoms with Crippen LogP contribution in [0.2, 0.25) is 0 Å². The number of carbonyl (C=O) groups is 3. The van der Waals surface area contributed by atoms with Gasteiger partial charge in [0.2, 0.25) is 0 Å². The largest absolute Gasteiger partial charge is 0.350 e. The number of hydrogen-bond acceptors (Lipinski definition) is 7. The predicted octanol–water partition coefficient (Wildman–Crippen LogP) is 4.68. The highest BCUT2D eigenvalue weighted by atomic mass is 16.2. The van der Waals surface area contributed by atoms with Crippen LogP contribution in [0.1, 0.15) is 47.8 Å². The van der Waals surface area contributed by atoms with Gasteiger partial charge in [-0.2, -0.15) is 0 Å². The molecule has 14 nitrogen and oxygen atoms in total. The lowest BCUT2D eigenvalue weighted by Crippen LogP contribution is -2.22. The van der Waals surface area contributed by atoms with E-state index >= 15 is 0 Å². The summed E-state index contributed by atoms with van der Waals surface area (Å²) in [5.41, 5.74) is 5.82. The van der Waals surface area contributed by atoms with Crippen LogP contribution < -0.4 is 16.5 Å². The lowest BCUT2D eigenvalue weighted by atomic mass is 10.1. The molecule has 3 amide bonds. The van der Waals surface area contributed by atoms with Crippen molar-refractivity contribution in [2.75, 3.05) is 42.3 Å². The molecule has 0 aliphatic heterocycles. The highest BCUT2D eigenvalue weighted by Gasteiger charge is 2.12. The van der Waals surface area contributed by atoms with Crippen molar-refractivity contribution in [2.24, 2.45) is 7.05 Å². The van der Waals surface area contributed by atoms with Gasteiger partial charge in [0.05, 0.1) is 30.2 Å². The number of amides is 3. The van der Waals surface area contributed by atoms with E-state index in [-0.39, 0.29) is 34.3 Å². The summed E-state index contributed by atoms with van der Waals surface area (Å²) in [4.78, 5) is 78.6. The van der Waals surface area contributed by atoms with Crippen LogP contribution in [0.5, 0.6) is 0 Å². The third-order valence-electron chi connectivity index (χ3n) is 9.60. The number of rotatable bonds is 9. The first-order valence-corrected chi connectivity index (χ1v) is 19.4. The van der Waals surface area contributed by atoms with Gasteiger partial charge in [-0.05, 0) is 65.2 Å². The molecule has 0 radical (unpaired) electrons. The van der Waals surface area contributed by atoms with E-state index in [4.69, 9.17) is 0 Å². The van der Waals surface area contributed by atoms with E-state index in [1.165, 1.54) is 23.2 Å². The Morgan fingerprint density at radius 3 is 1.44 bits per heavy atom. The first-order valence-electron chi connectivity index (χ1n) is 19.4. The van der Waals surface area contributed by atoms with Gasteiger partial charge in [0.15, 0.2) is 5.43 Å². The van der Waals surface area contributed by atoms with Crippen LogP contribution >= 0.6 is 0 Å². The van der Waals surface area contributed by atoms with Crippen molar-refractivity contribution in [3.05, 3.63) is 204 Å². The van der Waals surface area contributed by atoms with Gasteiger partial charge >= 0.3 is 0 Å². The van der Waals surface area contributed by atoms with Gasteiger partial charge in [0.25, 0.3) is 28.8 Å². The van der Waals surface area contributed by atoms with Crippen LogP contribution in [0, 0.1) is 0 Å². The lowest BCUT2D eigenvalue weighted by molar-refractivity contribution is 0.0820. The third-order valence-corrected chi connectivity index (χ3v) is 9.60. The lowest BCUT2D eigenvalue weighted by Gasteiger charge is -2.12. The van der Waals surface area contributed by atoms with Gasteiger partial charge in [0.1, 0.15) is 0 Å². The summed E-state index contributed by atoms with van der Waals surface area (Å²) in [6, 6.07) is 32.9. The summed E-state index contributed by atoms with van der Waals surface area (Å²) in [5, 5.41) is 0.717. The zero-order valence-electron chi connectivity index (χ0n) is 35.4. The van der Waals surface area contributed by atoms with Crippen molar-refractivity contribution < 1.29 is 14.4 Å². The molecule has 0 bridgehead atoms. The Morgan fingerprint density at radius 1 is 0.541 bits per heavy atom. The smallest absolute Gasteiger partial charge is 0.274 e. The maximum atomic E-state index is 12.2. The minimum atomic E-state index is -0.143. The summed E-state index contributed by atoms with van der Waals surface area (Å²) in [5.74, 6) is -0.0575. The molecule has 3 aromatic heterocycles. The van der Waals surface area contributed by atoms with Gasteiger partial charge in [-0.15, -0.1) is 0 Å². The van der Waals surface area contributed by atoms with E-state index in [1.807, 2.05) is 94.2 Å². The second kappa shape index (κ2) is 20.4. The highest BCUT2D eigenvalue weighted by Crippen LogP contribution is 2.14. The number of pyridine rings is 1. The molecule has 0 N–H and O–H groups in total. The van der Waals surface area contributed by atoms with E-state index in [2.05, 4.69) is 4.98 Å². The summed E-state index contributed by atoms with van der Waals surface area (Å²) in [7, 11) is 12.1. The Morgan fingerprint density at radius 2 is 0.984 bits per heavy atom. The number of fused-ring (bicyclic) bond motifs is 1. The predicted molar refractivity (Wildman–Crippen MR) is 237 cm³/mol. The molecule has 0 aliphatic rings. The maximum Gasteiger partial charge on any atom is 0.274 e. The third kappa shape index (κ3) is 11.8. The quantitative estimate of drug-likeness (QED) is 0.206. The summed E-state index contributed by atoms with van der Waals surface area (Å²) in [6.07, 6.45) is 8.00. The van der Waals surface area contributed by atoms with Crippen LogP contribution in [0.4, 0.5) is 0 Å². The molecule has 7 rings (SSSR count). The Balaban J connectivity index is 0.000000174. The second-order valence-electron chi connectivity index (χ2n) is 14.8. The number of para-hydroxylation sites is 1. The molecule has 4 aromatic carbocycles. The Bertz CT molecular complexity index is 2760. The molecular weight excluding hydrogens is 773 g/mol. The van der Waals surface area contributed by atoms with Gasteiger partial charge in [-0.25, -0.2) is 0 Å². The number of nitrogens with zero attached hydrogens (tertiary/aromatic N) is 8. The van der Waals surface area contributed by atoms with Crippen molar-refractivity contribution >= 4 is 28.6 Å². The Labute approximate surface area is 353 Å². The molecule has 0 aliphatic carbocycles. The van der Waals surface area contributed by atoms with Crippen molar-refractivity contribution in [2.45, 2.75) is 19.6 Å². The van der Waals surface area contributed by atoms with Crippen molar-refractivity contribution in [1.82, 2.24) is 38.2 Å². The molecule has 3 heterocycles. The van der Waals surface area contributed by atoms with Crippen molar-refractivity contribution in [3.8, 4) is 0 Å². The molecule has 14 heteroatoms. The average molecular weight is 823 g/mol. The molecule has 0 unspecified atom stereocenters. The van der Waals surface area contributed by atoms with Gasteiger partial charge in [0, 0.05) is 109 Å². The number of benzene rings is 4. The average Bonchev–Trinajstić information content (AvgIpc) is 3.50. The molecule has 61 heavy (non-hydrogen) atoms. The summed E-state index contributed by atoms with van der Waals surface area (Å²) in [6.45, 7) is 1.73. The minimum Gasteiger partial charge on any atom is -0.350 e. The number of hydrogen-bond donors (Lipinski definition) is 0. The first kappa shape index (κ1) is 44.5. The van der Waals surface area contributed by atoms with Crippen LogP contribution in [0.3, 0.4) is 0 Å². The second-order valence-corrected chi connectivity index (χ2v) is 14.8. The van der Waals surface area contributed by atoms with E-state index in [9.17, 15) is 28.8 Å². The standard InChI is InChI=1S/C18H19N3O2.C15H16N2O2.C14H15N3O2/c1-19(2)17(22)14-10-8-13(9-11-14)12-21-16-7-5-4-6-15(16)18(23)20(21)3;1-16(2)15(19)13-5-3-12(4-6-13)11-17-9-7-14(18)8-10-17;1-16(2)14(19)12-5-3-11(4-6-12)10-17-8-7-15-9-13(17)18/h4-11H,12H2,1-3H3;3-10H,11H2,1-2H3;3-9H,10H2,1-2H3. The molecule has 0 saturated carbocycles. The fraction of sp³-hybridized carbons (Fsp3) is 0.213. The summed E-state index contributed by atoms with van der Waals surface area (Å²) >= 11 is 0. The van der Waals surface area contributed by atoms with Gasteiger partial charge in [-0.3, -0.25) is 43.1 Å². The van der Waals surface area contributed by atoms with E-state index in [1.54, 1.807) is 105 Å². The molecule has 314 valence electrons. The summed E-state index contributed by atoms with van der Waals surface area (Å²) < 4.78 is 7.06. The van der Waals surface area contributed by atoms with Crippen LogP contribution in [0.15, 0.2) is 155 Å². The minimum absolute atomic E-state index is 0.00000529. The van der Waals surface area contributed by atoms with E-state index in [0.29, 0.717) is 36.3 Å². The van der Waals surface area contributed by atoms with Crippen LogP contribution in [0.25, 0.3) is 10.9 Å². The maximum absolute atomic E-state index is 12.2. The van der Waals surface area contributed by atoms with Gasteiger partial charge in [-0.1, -0.05) is 48.5 Å². The first-order chi connectivity index (χ1) is 29.1. The van der Waals surface area contributed by atoms with Crippen molar-refractivity contribution in [1.29, 1.82) is 0 Å². The Hall–Kier alpha value is -7.61. The zero-order chi connectivity index (χ0) is 44.2. The zero-order valence-corrected chi connectivity index (χ0v) is 35.4. The molecule has 0 spiro atoms. The number of aromatic nitrogens is 5. The molecular formula is C47H50N8O6. The fourth-order valence-electron chi connectivity index (χ4n) is 6.18.